The second kappa shape index (κ2) is 14.2. The van der Waals surface area contributed by atoms with Crippen molar-refractivity contribution < 1.29 is 28.5 Å². The number of amides is 1. The Labute approximate surface area is 231 Å². The standard InChI is InChI=1S/C32H39NO6/c1-32(2,3)39-31(34)33-29-19-27(36-21-25-15-9-5-10-16-25)30(37-22-26-17-11-6-12-18-26)28(38-29)23-35-20-24-13-7-4-8-14-24/h4-18,27-30H,19-23H2,1-3H3,(H,33,34)/t27-,28-,29-,30+/m1/s1. The SMILES string of the molecule is CC(C)(C)OC(=O)N[C@H]1C[C@@H](OCc2ccccc2)[C@H](OCc2ccccc2)[C@@H](COCc2ccccc2)O1. The van der Waals surface area contributed by atoms with Crippen LogP contribution in [0.4, 0.5) is 4.79 Å². The molecule has 1 aliphatic heterocycles. The van der Waals surface area contributed by atoms with E-state index < -0.39 is 30.1 Å². The first-order valence-electron chi connectivity index (χ1n) is 13.4. The van der Waals surface area contributed by atoms with Gasteiger partial charge >= 0.3 is 6.09 Å². The van der Waals surface area contributed by atoms with Crippen molar-refractivity contribution in [1.29, 1.82) is 0 Å². The van der Waals surface area contributed by atoms with Crippen molar-refractivity contribution in [3.05, 3.63) is 108 Å². The third kappa shape index (κ3) is 9.79. The topological polar surface area (TPSA) is 75.3 Å². The van der Waals surface area contributed by atoms with E-state index in [2.05, 4.69) is 5.32 Å². The minimum atomic E-state index is -0.624. The highest BCUT2D eigenvalue weighted by atomic mass is 16.6. The molecule has 0 aliphatic carbocycles. The third-order valence-corrected chi connectivity index (χ3v) is 6.18. The minimum Gasteiger partial charge on any atom is -0.444 e. The highest BCUT2D eigenvalue weighted by Gasteiger charge is 2.41. The molecule has 1 amide bonds. The number of nitrogens with one attached hydrogen (secondary N) is 1. The zero-order valence-electron chi connectivity index (χ0n) is 23.0. The van der Waals surface area contributed by atoms with Gasteiger partial charge < -0.3 is 23.7 Å². The summed E-state index contributed by atoms with van der Waals surface area (Å²) in [4.78, 5) is 12.6. The van der Waals surface area contributed by atoms with Gasteiger partial charge in [0.2, 0.25) is 0 Å². The molecule has 1 heterocycles. The van der Waals surface area contributed by atoms with Crippen LogP contribution in [0.25, 0.3) is 0 Å². The van der Waals surface area contributed by atoms with Gasteiger partial charge in [0.25, 0.3) is 0 Å². The zero-order chi connectivity index (χ0) is 27.5. The normalized spacial score (nSPS) is 21.3. The van der Waals surface area contributed by atoms with E-state index in [0.29, 0.717) is 26.2 Å². The second-order valence-electron chi connectivity index (χ2n) is 10.6. The lowest BCUT2D eigenvalue weighted by molar-refractivity contribution is -0.224. The first kappa shape index (κ1) is 28.8. The summed E-state index contributed by atoms with van der Waals surface area (Å²) in [6.07, 6.45) is -2.01. The third-order valence-electron chi connectivity index (χ3n) is 6.18. The monoisotopic (exact) mass is 533 g/mol. The molecule has 0 bridgehead atoms. The number of hydrogen-bond acceptors (Lipinski definition) is 6. The van der Waals surface area contributed by atoms with Crippen LogP contribution < -0.4 is 5.32 Å². The molecule has 1 N–H and O–H groups in total. The molecule has 3 aromatic rings. The maximum atomic E-state index is 12.6. The zero-order valence-corrected chi connectivity index (χ0v) is 23.0. The minimum absolute atomic E-state index is 0.270. The van der Waals surface area contributed by atoms with Crippen LogP contribution in [0.5, 0.6) is 0 Å². The molecule has 7 heteroatoms. The highest BCUT2D eigenvalue weighted by molar-refractivity contribution is 5.67. The van der Waals surface area contributed by atoms with Crippen molar-refractivity contribution in [3.8, 4) is 0 Å². The van der Waals surface area contributed by atoms with Gasteiger partial charge in [-0.15, -0.1) is 0 Å². The Hall–Kier alpha value is -3.23. The maximum absolute atomic E-state index is 12.6. The molecule has 39 heavy (non-hydrogen) atoms. The van der Waals surface area contributed by atoms with Crippen LogP contribution in [0, 0.1) is 0 Å². The molecule has 0 saturated carbocycles. The summed E-state index contributed by atoms with van der Waals surface area (Å²) in [5.74, 6) is 0. The van der Waals surface area contributed by atoms with E-state index in [1.54, 1.807) is 0 Å². The van der Waals surface area contributed by atoms with Crippen LogP contribution in [0.2, 0.25) is 0 Å². The molecule has 7 nitrogen and oxygen atoms in total. The number of alkyl carbamates (subject to hydrolysis) is 1. The summed E-state index contributed by atoms with van der Waals surface area (Å²) in [6.45, 7) is 7.00. The summed E-state index contributed by atoms with van der Waals surface area (Å²) < 4.78 is 30.8. The second-order valence-corrected chi connectivity index (χ2v) is 10.6. The van der Waals surface area contributed by atoms with Crippen LogP contribution in [0.15, 0.2) is 91.0 Å². The average Bonchev–Trinajstić information content (AvgIpc) is 2.92. The lowest BCUT2D eigenvalue weighted by Gasteiger charge is -2.41. The van der Waals surface area contributed by atoms with Crippen LogP contribution in [-0.4, -0.2) is 42.8 Å². The van der Waals surface area contributed by atoms with Crippen molar-refractivity contribution in [1.82, 2.24) is 5.32 Å². The fourth-order valence-corrected chi connectivity index (χ4v) is 4.38. The smallest absolute Gasteiger partial charge is 0.409 e. The van der Waals surface area contributed by atoms with Gasteiger partial charge in [-0.25, -0.2) is 4.79 Å². The van der Waals surface area contributed by atoms with Gasteiger partial charge in [-0.3, -0.25) is 5.32 Å². The molecule has 0 unspecified atom stereocenters. The van der Waals surface area contributed by atoms with Crippen molar-refractivity contribution >= 4 is 6.09 Å². The Morgan fingerprint density at radius 3 is 1.85 bits per heavy atom. The molecule has 1 fully saturated rings. The van der Waals surface area contributed by atoms with Gasteiger partial charge in [0.15, 0.2) is 0 Å². The molecule has 4 atom stereocenters. The van der Waals surface area contributed by atoms with Crippen molar-refractivity contribution in [2.75, 3.05) is 6.61 Å². The Bertz CT molecular complexity index is 1120. The fourth-order valence-electron chi connectivity index (χ4n) is 4.38. The van der Waals surface area contributed by atoms with Crippen molar-refractivity contribution in [3.63, 3.8) is 0 Å². The van der Waals surface area contributed by atoms with E-state index in [1.165, 1.54) is 0 Å². The van der Waals surface area contributed by atoms with Crippen molar-refractivity contribution in [2.45, 2.75) is 77.2 Å². The van der Waals surface area contributed by atoms with Gasteiger partial charge in [0.05, 0.1) is 32.5 Å². The van der Waals surface area contributed by atoms with E-state index >= 15 is 0 Å². The van der Waals surface area contributed by atoms with E-state index in [0.717, 1.165) is 16.7 Å². The summed E-state index contributed by atoms with van der Waals surface area (Å²) >= 11 is 0. The lowest BCUT2D eigenvalue weighted by Crippen LogP contribution is -2.57. The quantitative estimate of drug-likeness (QED) is 0.325. The largest absolute Gasteiger partial charge is 0.444 e. The van der Waals surface area contributed by atoms with Gasteiger partial charge in [0.1, 0.15) is 24.0 Å². The molecule has 0 radical (unpaired) electrons. The van der Waals surface area contributed by atoms with Gasteiger partial charge in [-0.05, 0) is 37.5 Å². The Morgan fingerprint density at radius 1 is 0.795 bits per heavy atom. The molecule has 3 aromatic carbocycles. The van der Waals surface area contributed by atoms with E-state index in [1.807, 2.05) is 112 Å². The molecule has 4 rings (SSSR count). The molecule has 1 saturated heterocycles. The van der Waals surface area contributed by atoms with E-state index in [-0.39, 0.29) is 12.7 Å². The van der Waals surface area contributed by atoms with Crippen LogP contribution in [0.3, 0.4) is 0 Å². The highest BCUT2D eigenvalue weighted by Crippen LogP contribution is 2.27. The number of carbonyl (C=O) groups is 1. The summed E-state index contributed by atoms with van der Waals surface area (Å²) in [5.41, 5.74) is 2.55. The first-order chi connectivity index (χ1) is 18.9. The first-order valence-corrected chi connectivity index (χ1v) is 13.4. The predicted molar refractivity (Wildman–Crippen MR) is 149 cm³/mol. The van der Waals surface area contributed by atoms with Crippen LogP contribution >= 0.6 is 0 Å². The molecule has 0 spiro atoms. The molecular weight excluding hydrogens is 494 g/mol. The fraction of sp³-hybridized carbons (Fsp3) is 0.406. The summed E-state index contributed by atoms with van der Waals surface area (Å²) in [6, 6.07) is 30.0. The molecular formula is C32H39NO6. The summed E-state index contributed by atoms with van der Waals surface area (Å²) in [7, 11) is 0. The van der Waals surface area contributed by atoms with Crippen molar-refractivity contribution in [2.24, 2.45) is 0 Å². The molecule has 1 aliphatic rings. The number of benzene rings is 3. The van der Waals surface area contributed by atoms with Crippen LogP contribution in [-0.2, 0) is 43.5 Å². The number of rotatable bonds is 11. The van der Waals surface area contributed by atoms with E-state index in [9.17, 15) is 4.79 Å². The predicted octanol–water partition coefficient (Wildman–Crippen LogP) is 6.01. The maximum Gasteiger partial charge on any atom is 0.409 e. The average molecular weight is 534 g/mol. The molecule has 208 valence electrons. The van der Waals surface area contributed by atoms with E-state index in [4.69, 9.17) is 23.7 Å². The lowest BCUT2D eigenvalue weighted by atomic mass is 10.00. The van der Waals surface area contributed by atoms with Gasteiger partial charge in [-0.1, -0.05) is 91.0 Å². The molecule has 0 aromatic heterocycles. The Balaban J connectivity index is 1.50. The Morgan fingerprint density at radius 2 is 1.31 bits per heavy atom. The Kier molecular flexibility index (Phi) is 10.5. The van der Waals surface area contributed by atoms with Gasteiger partial charge in [0, 0.05) is 6.42 Å². The number of ether oxygens (including phenoxy) is 5. The van der Waals surface area contributed by atoms with Gasteiger partial charge in [-0.2, -0.15) is 0 Å². The number of hydrogen-bond donors (Lipinski definition) is 1. The number of carbonyl (C=O) groups excluding carboxylic acids is 1. The van der Waals surface area contributed by atoms with Crippen LogP contribution in [0.1, 0.15) is 43.9 Å². The summed E-state index contributed by atoms with van der Waals surface area (Å²) in [5, 5.41) is 2.86.